The van der Waals surface area contributed by atoms with E-state index in [0.29, 0.717) is 5.82 Å². The van der Waals surface area contributed by atoms with Gasteiger partial charge in [0.25, 0.3) is 0 Å². The second-order valence-electron chi connectivity index (χ2n) is 2.75. The van der Waals surface area contributed by atoms with Gasteiger partial charge < -0.3 is 0 Å². The first-order valence-electron chi connectivity index (χ1n) is 3.84. The fourth-order valence-electron chi connectivity index (χ4n) is 1.30. The minimum Gasteiger partial charge on any atom is -0.259 e. The number of isocyanates is 1. The first-order valence-corrected chi connectivity index (χ1v) is 3.84. The van der Waals surface area contributed by atoms with Gasteiger partial charge in [0.2, 0.25) is 6.08 Å². The molecule has 1 heterocycles. The van der Waals surface area contributed by atoms with E-state index in [4.69, 9.17) is 0 Å². The third kappa shape index (κ3) is 1.13. The highest BCUT2D eigenvalue weighted by Gasteiger charge is 2.04. The number of nitrogens with zero attached hydrogens (tertiary/aromatic N) is 2. The topological polar surface area (TPSA) is 58.1 Å². The summed E-state index contributed by atoms with van der Waals surface area (Å²) in [7, 11) is 0. The minimum absolute atomic E-state index is 0.466. The molecular formula is C9H7N3O. The molecule has 0 saturated carbocycles. The van der Waals surface area contributed by atoms with Crippen molar-refractivity contribution < 1.29 is 4.79 Å². The molecule has 0 spiro atoms. The van der Waals surface area contributed by atoms with Crippen molar-refractivity contribution in [2.24, 2.45) is 4.99 Å². The Kier molecular flexibility index (Phi) is 1.69. The van der Waals surface area contributed by atoms with Gasteiger partial charge in [-0.2, -0.15) is 5.10 Å². The van der Waals surface area contributed by atoms with Gasteiger partial charge in [-0.25, -0.2) is 4.79 Å². The summed E-state index contributed by atoms with van der Waals surface area (Å²) >= 11 is 0. The summed E-state index contributed by atoms with van der Waals surface area (Å²) in [5, 5.41) is 7.57. The Morgan fingerprint density at radius 3 is 3.15 bits per heavy atom. The molecule has 4 nitrogen and oxygen atoms in total. The Morgan fingerprint density at radius 2 is 2.38 bits per heavy atom. The first kappa shape index (κ1) is 7.71. The maximum Gasteiger partial charge on any atom is 0.242 e. The number of aliphatic imine (C=N–C) groups is 1. The van der Waals surface area contributed by atoms with Crippen molar-refractivity contribution >= 4 is 22.8 Å². The molecule has 4 heteroatoms. The largest absolute Gasteiger partial charge is 0.259 e. The first-order chi connectivity index (χ1) is 6.33. The van der Waals surface area contributed by atoms with Crippen molar-refractivity contribution in [3.05, 3.63) is 23.8 Å². The van der Waals surface area contributed by atoms with Crippen LogP contribution >= 0.6 is 0 Å². The molecule has 13 heavy (non-hydrogen) atoms. The molecule has 1 aromatic carbocycles. The second kappa shape index (κ2) is 2.84. The molecule has 2 rings (SSSR count). The standard InChI is InChI=1S/C9H7N3O/c1-6-3-2-4-7-8(6)11-12-9(7)10-5-13/h2-4H,1H3,(H,11,12). The summed E-state index contributed by atoms with van der Waals surface area (Å²) in [6.45, 7) is 1.96. The zero-order valence-electron chi connectivity index (χ0n) is 7.03. The van der Waals surface area contributed by atoms with E-state index >= 15 is 0 Å². The Labute approximate surface area is 74.3 Å². The molecular weight excluding hydrogens is 166 g/mol. The molecule has 0 radical (unpaired) electrons. The van der Waals surface area contributed by atoms with Crippen LogP contribution in [0.25, 0.3) is 10.9 Å². The molecule has 1 N–H and O–H groups in total. The predicted octanol–water partition coefficient (Wildman–Crippen LogP) is 1.84. The minimum atomic E-state index is 0.466. The molecule has 0 amide bonds. The van der Waals surface area contributed by atoms with Crippen LogP contribution in [0.2, 0.25) is 0 Å². The highest BCUT2D eigenvalue weighted by Crippen LogP contribution is 2.24. The number of carbonyl (C=O) groups excluding carboxylic acids is 1. The maximum atomic E-state index is 10.1. The number of aryl methyl sites for hydroxylation is 1. The average Bonchev–Trinajstić information content (AvgIpc) is 2.51. The van der Waals surface area contributed by atoms with E-state index in [1.807, 2.05) is 25.1 Å². The van der Waals surface area contributed by atoms with Gasteiger partial charge in [0.1, 0.15) is 0 Å². The van der Waals surface area contributed by atoms with Gasteiger partial charge in [-0.15, -0.1) is 4.99 Å². The van der Waals surface area contributed by atoms with Crippen molar-refractivity contribution in [1.29, 1.82) is 0 Å². The third-order valence-corrected chi connectivity index (χ3v) is 1.92. The molecule has 64 valence electrons. The number of aromatic amines is 1. The Hall–Kier alpha value is -1.93. The van der Waals surface area contributed by atoms with Gasteiger partial charge >= 0.3 is 0 Å². The monoisotopic (exact) mass is 173 g/mol. The van der Waals surface area contributed by atoms with E-state index in [0.717, 1.165) is 16.5 Å². The van der Waals surface area contributed by atoms with Gasteiger partial charge in [0, 0.05) is 5.39 Å². The molecule has 0 aliphatic carbocycles. The van der Waals surface area contributed by atoms with E-state index in [1.54, 1.807) is 0 Å². The number of nitrogens with one attached hydrogen (secondary N) is 1. The van der Waals surface area contributed by atoms with Crippen LogP contribution in [0.3, 0.4) is 0 Å². The number of rotatable bonds is 1. The normalized spacial score (nSPS) is 9.92. The lowest BCUT2D eigenvalue weighted by Crippen LogP contribution is -1.73. The fourth-order valence-corrected chi connectivity index (χ4v) is 1.30. The zero-order valence-corrected chi connectivity index (χ0v) is 7.03. The predicted molar refractivity (Wildman–Crippen MR) is 48.6 cm³/mol. The SMILES string of the molecule is Cc1cccc2c(N=C=O)[nH]nc12. The van der Waals surface area contributed by atoms with Gasteiger partial charge in [-0.05, 0) is 18.6 Å². The molecule has 0 aliphatic rings. The molecule has 0 bridgehead atoms. The molecule has 0 aliphatic heterocycles. The number of H-pyrrole nitrogens is 1. The van der Waals surface area contributed by atoms with Crippen LogP contribution in [0.15, 0.2) is 23.2 Å². The van der Waals surface area contributed by atoms with Crippen LogP contribution < -0.4 is 0 Å². The highest BCUT2D eigenvalue weighted by molar-refractivity contribution is 5.90. The number of hydrogen-bond donors (Lipinski definition) is 1. The molecule has 0 saturated heterocycles. The fraction of sp³-hybridized carbons (Fsp3) is 0.111. The summed E-state index contributed by atoms with van der Waals surface area (Å²) in [5.74, 6) is 0.466. The van der Waals surface area contributed by atoms with E-state index in [1.165, 1.54) is 6.08 Å². The van der Waals surface area contributed by atoms with Crippen LogP contribution in [-0.2, 0) is 4.79 Å². The number of para-hydroxylation sites is 1. The lowest BCUT2D eigenvalue weighted by atomic mass is 10.2. The summed E-state index contributed by atoms with van der Waals surface area (Å²) in [6, 6.07) is 5.72. The second-order valence-corrected chi connectivity index (χ2v) is 2.75. The number of aromatic nitrogens is 2. The Balaban J connectivity index is 2.82. The molecule has 0 unspecified atom stereocenters. The number of hydrogen-bond acceptors (Lipinski definition) is 3. The third-order valence-electron chi connectivity index (χ3n) is 1.92. The van der Waals surface area contributed by atoms with Gasteiger partial charge in [-0.1, -0.05) is 12.1 Å². The summed E-state index contributed by atoms with van der Waals surface area (Å²) < 4.78 is 0. The van der Waals surface area contributed by atoms with Crippen molar-refractivity contribution in [2.45, 2.75) is 6.92 Å². The van der Waals surface area contributed by atoms with Crippen LogP contribution in [0.4, 0.5) is 5.82 Å². The Bertz CT molecular complexity index is 495. The summed E-state index contributed by atoms with van der Waals surface area (Å²) in [4.78, 5) is 13.6. The van der Waals surface area contributed by atoms with Crippen molar-refractivity contribution in [2.75, 3.05) is 0 Å². The number of benzene rings is 1. The zero-order chi connectivity index (χ0) is 9.26. The van der Waals surface area contributed by atoms with Crippen molar-refractivity contribution in [1.82, 2.24) is 10.2 Å². The maximum absolute atomic E-state index is 10.1. The van der Waals surface area contributed by atoms with Crippen molar-refractivity contribution in [3.8, 4) is 0 Å². The van der Waals surface area contributed by atoms with Crippen LogP contribution in [0.5, 0.6) is 0 Å². The highest BCUT2D eigenvalue weighted by atomic mass is 16.1. The quantitative estimate of drug-likeness (QED) is 0.528. The van der Waals surface area contributed by atoms with E-state index in [-0.39, 0.29) is 0 Å². The van der Waals surface area contributed by atoms with Crippen LogP contribution in [0.1, 0.15) is 5.56 Å². The summed E-state index contributed by atoms with van der Waals surface area (Å²) in [6.07, 6.45) is 1.49. The van der Waals surface area contributed by atoms with Crippen molar-refractivity contribution in [3.63, 3.8) is 0 Å². The molecule has 2 aromatic rings. The van der Waals surface area contributed by atoms with Gasteiger partial charge in [0.05, 0.1) is 5.52 Å². The molecule has 1 aromatic heterocycles. The van der Waals surface area contributed by atoms with E-state index in [2.05, 4.69) is 15.2 Å². The Morgan fingerprint density at radius 1 is 1.54 bits per heavy atom. The average molecular weight is 173 g/mol. The molecule has 0 atom stereocenters. The lowest BCUT2D eigenvalue weighted by Gasteiger charge is -1.91. The van der Waals surface area contributed by atoms with Gasteiger partial charge in [-0.3, -0.25) is 5.10 Å². The van der Waals surface area contributed by atoms with E-state index < -0.39 is 0 Å². The molecule has 0 fully saturated rings. The van der Waals surface area contributed by atoms with Crippen LogP contribution in [-0.4, -0.2) is 16.3 Å². The summed E-state index contributed by atoms with van der Waals surface area (Å²) in [5.41, 5.74) is 1.90. The van der Waals surface area contributed by atoms with Crippen LogP contribution in [0, 0.1) is 6.92 Å². The number of fused-ring (bicyclic) bond motifs is 1. The lowest BCUT2D eigenvalue weighted by molar-refractivity contribution is 0.565. The van der Waals surface area contributed by atoms with E-state index in [9.17, 15) is 4.79 Å². The van der Waals surface area contributed by atoms with Gasteiger partial charge in [0.15, 0.2) is 5.82 Å². The smallest absolute Gasteiger partial charge is 0.242 e.